The van der Waals surface area contributed by atoms with E-state index in [1.807, 2.05) is 25.2 Å². The molecule has 1 N–H and O–H groups in total. The number of rotatable bonds is 5. The van der Waals surface area contributed by atoms with Crippen LogP contribution in [0.15, 0.2) is 27.4 Å². The molecule has 1 heterocycles. The topological polar surface area (TPSA) is 50.4 Å². The number of benzene rings is 1. The summed E-state index contributed by atoms with van der Waals surface area (Å²) in [5, 5.41) is 3.11. The minimum atomic E-state index is -0.311. The zero-order chi connectivity index (χ0) is 13.1. The summed E-state index contributed by atoms with van der Waals surface area (Å²) in [5.74, 6) is -0.311. The molecule has 0 amide bonds. The Balaban J connectivity index is 2.15. The van der Waals surface area contributed by atoms with Crippen molar-refractivity contribution in [1.82, 2.24) is 14.8 Å². The van der Waals surface area contributed by atoms with Crippen LogP contribution in [0, 0.1) is 0 Å². The molecule has 0 fully saturated rings. The molecular weight excluding hydrogens is 230 g/mol. The molecule has 1 aromatic carbocycles. The fraction of sp³-hybridized carbons (Fsp3) is 0.462. The van der Waals surface area contributed by atoms with Crippen molar-refractivity contribution in [3.63, 3.8) is 0 Å². The Morgan fingerprint density at radius 2 is 2.22 bits per heavy atom. The first-order valence-corrected chi connectivity index (χ1v) is 6.03. The maximum Gasteiger partial charge on any atom is 0.419 e. The second-order valence-corrected chi connectivity index (χ2v) is 4.57. The standard InChI is InChI=1S/C13H19N3O2/c1-14-9-15(2)7-6-10-4-5-12-11(8-10)16(3)13(17)18-12/h4-5,8,14H,6-7,9H2,1-3H3. The van der Waals surface area contributed by atoms with Crippen molar-refractivity contribution in [2.45, 2.75) is 6.42 Å². The number of likely N-dealkylation sites (N-methyl/N-ethyl adjacent to an activating group) is 1. The molecule has 0 saturated heterocycles. The highest BCUT2D eigenvalue weighted by Gasteiger charge is 2.06. The summed E-state index contributed by atoms with van der Waals surface area (Å²) in [4.78, 5) is 13.6. The molecule has 0 saturated carbocycles. The van der Waals surface area contributed by atoms with Crippen LogP contribution < -0.4 is 11.1 Å². The highest BCUT2D eigenvalue weighted by atomic mass is 16.4. The van der Waals surface area contributed by atoms with Gasteiger partial charge in [0.15, 0.2) is 5.58 Å². The molecule has 0 aliphatic rings. The fourth-order valence-electron chi connectivity index (χ4n) is 2.00. The van der Waals surface area contributed by atoms with Crippen LogP contribution in [-0.4, -0.2) is 36.8 Å². The van der Waals surface area contributed by atoms with Crippen LogP contribution >= 0.6 is 0 Å². The molecule has 98 valence electrons. The normalized spacial score (nSPS) is 11.6. The van der Waals surface area contributed by atoms with Gasteiger partial charge in [0.25, 0.3) is 0 Å². The summed E-state index contributed by atoms with van der Waals surface area (Å²) < 4.78 is 6.64. The monoisotopic (exact) mass is 249 g/mol. The molecule has 0 radical (unpaired) electrons. The van der Waals surface area contributed by atoms with Gasteiger partial charge in [0.1, 0.15) is 0 Å². The molecule has 2 aromatic rings. The van der Waals surface area contributed by atoms with Gasteiger partial charge in [-0.1, -0.05) is 6.07 Å². The number of aryl methyl sites for hydroxylation is 1. The predicted octanol–water partition coefficient (Wildman–Crippen LogP) is 0.783. The van der Waals surface area contributed by atoms with Gasteiger partial charge in [0, 0.05) is 20.3 Å². The summed E-state index contributed by atoms with van der Waals surface area (Å²) in [6, 6.07) is 5.90. The van der Waals surface area contributed by atoms with Crippen molar-refractivity contribution in [3.05, 3.63) is 34.3 Å². The third-order valence-corrected chi connectivity index (χ3v) is 3.07. The van der Waals surface area contributed by atoms with Crippen molar-refractivity contribution >= 4 is 11.1 Å². The highest BCUT2D eigenvalue weighted by molar-refractivity contribution is 5.73. The Morgan fingerprint density at radius 3 is 2.94 bits per heavy atom. The van der Waals surface area contributed by atoms with E-state index in [0.717, 1.165) is 25.2 Å². The van der Waals surface area contributed by atoms with Gasteiger partial charge in [-0.15, -0.1) is 0 Å². The smallest absolute Gasteiger partial charge is 0.408 e. The van der Waals surface area contributed by atoms with Crippen LogP contribution in [0.3, 0.4) is 0 Å². The van der Waals surface area contributed by atoms with Crippen LogP contribution in [0.2, 0.25) is 0 Å². The molecule has 2 rings (SSSR count). The Labute approximate surface area is 106 Å². The van der Waals surface area contributed by atoms with E-state index in [-0.39, 0.29) is 5.76 Å². The third-order valence-electron chi connectivity index (χ3n) is 3.07. The number of nitrogens with zero attached hydrogens (tertiary/aromatic N) is 2. The van der Waals surface area contributed by atoms with Gasteiger partial charge in [-0.25, -0.2) is 4.79 Å². The number of nitrogens with one attached hydrogen (secondary N) is 1. The maximum absolute atomic E-state index is 11.4. The number of fused-ring (bicyclic) bond motifs is 1. The molecule has 18 heavy (non-hydrogen) atoms. The SMILES string of the molecule is CNCN(C)CCc1ccc2oc(=O)n(C)c2c1. The maximum atomic E-state index is 11.4. The third kappa shape index (κ3) is 2.63. The quantitative estimate of drug-likeness (QED) is 0.796. The van der Waals surface area contributed by atoms with Gasteiger partial charge in [-0.3, -0.25) is 9.47 Å². The van der Waals surface area contributed by atoms with Crippen molar-refractivity contribution in [3.8, 4) is 0 Å². The average Bonchev–Trinajstić information content (AvgIpc) is 2.63. The van der Waals surface area contributed by atoms with Gasteiger partial charge in [-0.2, -0.15) is 0 Å². The van der Waals surface area contributed by atoms with E-state index >= 15 is 0 Å². The molecule has 5 nitrogen and oxygen atoms in total. The molecule has 0 atom stereocenters. The molecule has 1 aromatic heterocycles. The lowest BCUT2D eigenvalue weighted by Crippen LogP contribution is -2.30. The van der Waals surface area contributed by atoms with Crippen LogP contribution in [0.1, 0.15) is 5.56 Å². The lowest BCUT2D eigenvalue weighted by molar-refractivity contribution is 0.321. The average molecular weight is 249 g/mol. The summed E-state index contributed by atoms with van der Waals surface area (Å²) in [7, 11) is 5.73. The van der Waals surface area contributed by atoms with E-state index in [0.29, 0.717) is 5.58 Å². The molecule has 0 unspecified atom stereocenters. The van der Waals surface area contributed by atoms with Gasteiger partial charge in [0.05, 0.1) is 5.52 Å². The number of hydrogen-bond acceptors (Lipinski definition) is 4. The molecule has 0 aliphatic heterocycles. The first kappa shape index (κ1) is 12.9. The Kier molecular flexibility index (Phi) is 3.84. The summed E-state index contributed by atoms with van der Waals surface area (Å²) in [6.07, 6.45) is 0.952. The predicted molar refractivity (Wildman–Crippen MR) is 71.7 cm³/mol. The van der Waals surface area contributed by atoms with Crippen LogP contribution in [0.5, 0.6) is 0 Å². The van der Waals surface area contributed by atoms with Crippen LogP contribution in [0.25, 0.3) is 11.1 Å². The van der Waals surface area contributed by atoms with Crippen LogP contribution in [0.4, 0.5) is 0 Å². The minimum absolute atomic E-state index is 0.311. The van der Waals surface area contributed by atoms with E-state index in [4.69, 9.17) is 4.42 Å². The lowest BCUT2D eigenvalue weighted by atomic mass is 10.1. The Hall–Kier alpha value is -1.59. The summed E-state index contributed by atoms with van der Waals surface area (Å²) >= 11 is 0. The molecular formula is C13H19N3O2. The van der Waals surface area contributed by atoms with E-state index in [2.05, 4.69) is 17.3 Å². The Morgan fingerprint density at radius 1 is 1.44 bits per heavy atom. The highest BCUT2D eigenvalue weighted by Crippen LogP contribution is 2.14. The number of aromatic nitrogens is 1. The van der Waals surface area contributed by atoms with Crippen LogP contribution in [-0.2, 0) is 13.5 Å². The largest absolute Gasteiger partial charge is 0.419 e. The van der Waals surface area contributed by atoms with E-state index in [1.165, 1.54) is 10.1 Å². The van der Waals surface area contributed by atoms with Gasteiger partial charge in [-0.05, 0) is 38.2 Å². The van der Waals surface area contributed by atoms with Gasteiger partial charge < -0.3 is 9.73 Å². The van der Waals surface area contributed by atoms with E-state index in [9.17, 15) is 4.79 Å². The first-order valence-electron chi connectivity index (χ1n) is 6.03. The summed E-state index contributed by atoms with van der Waals surface area (Å²) in [6.45, 7) is 1.84. The van der Waals surface area contributed by atoms with Gasteiger partial charge in [0.2, 0.25) is 0 Å². The first-order chi connectivity index (χ1) is 8.61. The van der Waals surface area contributed by atoms with Crippen molar-refractivity contribution in [2.75, 3.05) is 27.3 Å². The Bertz CT molecular complexity index is 585. The van der Waals surface area contributed by atoms with E-state index < -0.39 is 0 Å². The van der Waals surface area contributed by atoms with E-state index in [1.54, 1.807) is 7.05 Å². The molecule has 0 bridgehead atoms. The minimum Gasteiger partial charge on any atom is -0.408 e. The van der Waals surface area contributed by atoms with Crippen molar-refractivity contribution < 1.29 is 4.42 Å². The van der Waals surface area contributed by atoms with Crippen molar-refractivity contribution in [1.29, 1.82) is 0 Å². The second-order valence-electron chi connectivity index (χ2n) is 4.57. The second kappa shape index (κ2) is 5.37. The summed E-state index contributed by atoms with van der Waals surface area (Å²) in [5.41, 5.74) is 2.71. The fourth-order valence-corrected chi connectivity index (χ4v) is 2.00. The molecule has 0 spiro atoms. The zero-order valence-electron chi connectivity index (χ0n) is 11.1. The molecule has 0 aliphatic carbocycles. The van der Waals surface area contributed by atoms with Crippen molar-refractivity contribution in [2.24, 2.45) is 7.05 Å². The molecule has 5 heteroatoms. The number of oxazole rings is 1. The zero-order valence-corrected chi connectivity index (χ0v) is 11.1. The van der Waals surface area contributed by atoms with Gasteiger partial charge >= 0.3 is 5.76 Å². The number of hydrogen-bond donors (Lipinski definition) is 1. The lowest BCUT2D eigenvalue weighted by Gasteiger charge is -2.15.